The van der Waals surface area contributed by atoms with Crippen molar-refractivity contribution in [3.8, 4) is 0 Å². The van der Waals surface area contributed by atoms with Crippen LogP contribution >= 0.6 is 11.8 Å². The van der Waals surface area contributed by atoms with Gasteiger partial charge in [0.15, 0.2) is 9.84 Å². The number of thioether (sulfide) groups is 1. The fourth-order valence-electron chi connectivity index (χ4n) is 1.29. The fraction of sp³-hybridized carbons (Fsp3) is 0.500. The van der Waals surface area contributed by atoms with Gasteiger partial charge in [0.1, 0.15) is 0 Å². The Labute approximate surface area is 108 Å². The van der Waals surface area contributed by atoms with Gasteiger partial charge in [-0.15, -0.1) is 11.8 Å². The molecule has 0 aromatic heterocycles. The predicted molar refractivity (Wildman–Crippen MR) is 74.1 cm³/mol. The second kappa shape index (κ2) is 5.31. The van der Waals surface area contributed by atoms with E-state index in [4.69, 9.17) is 5.73 Å². The normalized spacial score (nSPS) is 13.9. The van der Waals surface area contributed by atoms with Crippen LogP contribution in [0.1, 0.15) is 20.8 Å². The summed E-state index contributed by atoms with van der Waals surface area (Å²) >= 11 is 1.62. The van der Waals surface area contributed by atoms with Crippen molar-refractivity contribution in [2.24, 2.45) is 5.92 Å². The topological polar surface area (TPSA) is 60.2 Å². The molecule has 0 saturated heterocycles. The quantitative estimate of drug-likeness (QED) is 0.677. The molecule has 0 aliphatic heterocycles. The molecule has 0 aliphatic carbocycles. The number of nitrogens with two attached hydrogens (primary N) is 1. The maximum absolute atomic E-state index is 11.5. The third-order valence-corrected chi connectivity index (χ3v) is 5.36. The monoisotopic (exact) mass is 273 g/mol. The van der Waals surface area contributed by atoms with Crippen molar-refractivity contribution in [3.05, 3.63) is 18.2 Å². The predicted octanol–water partition coefficient (Wildman–Crippen LogP) is 2.81. The van der Waals surface area contributed by atoms with E-state index in [1.807, 2.05) is 6.07 Å². The third-order valence-electron chi connectivity index (χ3n) is 2.68. The molecule has 1 unspecified atom stereocenters. The van der Waals surface area contributed by atoms with Crippen LogP contribution in [0, 0.1) is 5.92 Å². The van der Waals surface area contributed by atoms with Crippen molar-refractivity contribution in [1.82, 2.24) is 0 Å². The smallest absolute Gasteiger partial charge is 0.177 e. The first-order valence-corrected chi connectivity index (χ1v) is 8.25. The Morgan fingerprint density at radius 1 is 1.24 bits per heavy atom. The van der Waals surface area contributed by atoms with Crippen molar-refractivity contribution in [2.45, 2.75) is 35.8 Å². The summed E-state index contributed by atoms with van der Waals surface area (Å²) in [4.78, 5) is 1.06. The summed E-state index contributed by atoms with van der Waals surface area (Å²) in [5, 5.41) is 0.395. The molecule has 96 valence electrons. The van der Waals surface area contributed by atoms with Gasteiger partial charge in [-0.05, 0) is 18.1 Å². The molecule has 1 aromatic carbocycles. The van der Waals surface area contributed by atoms with E-state index in [0.29, 0.717) is 16.9 Å². The lowest BCUT2D eigenvalue weighted by Crippen LogP contribution is -2.08. The average molecular weight is 273 g/mol. The molecule has 0 heterocycles. The van der Waals surface area contributed by atoms with E-state index in [0.717, 1.165) is 4.90 Å². The number of nitrogen functional groups attached to an aromatic ring is 1. The second-order valence-electron chi connectivity index (χ2n) is 4.51. The first kappa shape index (κ1) is 14.4. The van der Waals surface area contributed by atoms with Crippen LogP contribution in [-0.2, 0) is 9.84 Å². The van der Waals surface area contributed by atoms with E-state index in [2.05, 4.69) is 20.8 Å². The highest BCUT2D eigenvalue weighted by Gasteiger charge is 2.16. The fourth-order valence-corrected chi connectivity index (χ4v) is 3.25. The number of hydrogen-bond donors (Lipinski definition) is 1. The van der Waals surface area contributed by atoms with Crippen molar-refractivity contribution in [3.63, 3.8) is 0 Å². The molecular formula is C12H19NO2S2. The first-order valence-electron chi connectivity index (χ1n) is 5.48. The average Bonchev–Trinajstić information content (AvgIpc) is 2.19. The van der Waals surface area contributed by atoms with Crippen molar-refractivity contribution in [2.75, 3.05) is 12.0 Å². The molecule has 0 bridgehead atoms. The summed E-state index contributed by atoms with van der Waals surface area (Å²) < 4.78 is 23.1. The molecule has 3 nitrogen and oxygen atoms in total. The number of anilines is 1. The van der Waals surface area contributed by atoms with Crippen LogP contribution in [0.3, 0.4) is 0 Å². The van der Waals surface area contributed by atoms with E-state index >= 15 is 0 Å². The minimum absolute atomic E-state index is 0.221. The molecular weight excluding hydrogens is 254 g/mol. The van der Waals surface area contributed by atoms with Gasteiger partial charge in [-0.25, -0.2) is 8.42 Å². The zero-order valence-electron chi connectivity index (χ0n) is 10.6. The van der Waals surface area contributed by atoms with Gasteiger partial charge in [0.25, 0.3) is 0 Å². The van der Waals surface area contributed by atoms with Crippen LogP contribution in [0.5, 0.6) is 0 Å². The second-order valence-corrected chi connectivity index (χ2v) is 7.91. The largest absolute Gasteiger partial charge is 0.397 e. The Morgan fingerprint density at radius 2 is 1.82 bits per heavy atom. The van der Waals surface area contributed by atoms with Gasteiger partial charge >= 0.3 is 0 Å². The van der Waals surface area contributed by atoms with Gasteiger partial charge in [0, 0.05) is 16.4 Å². The van der Waals surface area contributed by atoms with Gasteiger partial charge in [-0.3, -0.25) is 0 Å². The van der Waals surface area contributed by atoms with E-state index in [1.54, 1.807) is 23.9 Å². The Kier molecular flexibility index (Phi) is 4.49. The lowest BCUT2D eigenvalue weighted by atomic mass is 10.2. The summed E-state index contributed by atoms with van der Waals surface area (Å²) in [5.74, 6) is 0.515. The third kappa shape index (κ3) is 3.64. The van der Waals surface area contributed by atoms with Crippen LogP contribution in [0.4, 0.5) is 5.69 Å². The standard InChI is InChI=1S/C12H19NO2S2/c1-8(2)9(3)16-10-6-5-7-11(12(10)13)17(4,14)15/h5-9H,13H2,1-4H3. The van der Waals surface area contributed by atoms with Crippen LogP contribution in [0.15, 0.2) is 28.0 Å². The Bertz CT molecular complexity index is 495. The molecule has 0 aliphatic rings. The first-order chi connectivity index (χ1) is 7.73. The minimum Gasteiger partial charge on any atom is -0.397 e. The Balaban J connectivity index is 3.12. The summed E-state index contributed by atoms with van der Waals surface area (Å²) in [6.07, 6.45) is 1.18. The summed E-state index contributed by atoms with van der Waals surface area (Å²) in [6, 6.07) is 5.16. The van der Waals surface area contributed by atoms with Crippen molar-refractivity contribution >= 4 is 27.3 Å². The van der Waals surface area contributed by atoms with E-state index in [1.165, 1.54) is 6.26 Å². The molecule has 0 saturated carbocycles. The van der Waals surface area contributed by atoms with E-state index in [-0.39, 0.29) is 4.90 Å². The molecule has 5 heteroatoms. The Morgan fingerprint density at radius 3 is 2.29 bits per heavy atom. The van der Waals surface area contributed by atoms with Crippen LogP contribution in [0.2, 0.25) is 0 Å². The molecule has 1 rings (SSSR count). The van der Waals surface area contributed by atoms with Gasteiger partial charge in [-0.2, -0.15) is 0 Å². The molecule has 1 aromatic rings. The van der Waals surface area contributed by atoms with Gasteiger partial charge in [0.05, 0.1) is 10.6 Å². The Hall–Kier alpha value is -0.680. The van der Waals surface area contributed by atoms with Crippen molar-refractivity contribution in [1.29, 1.82) is 0 Å². The number of rotatable bonds is 4. The number of hydrogen-bond acceptors (Lipinski definition) is 4. The van der Waals surface area contributed by atoms with Crippen LogP contribution in [0.25, 0.3) is 0 Å². The van der Waals surface area contributed by atoms with Gasteiger partial charge < -0.3 is 5.73 Å². The minimum atomic E-state index is -3.25. The van der Waals surface area contributed by atoms with Crippen molar-refractivity contribution < 1.29 is 8.42 Å². The van der Waals surface area contributed by atoms with Gasteiger partial charge in [-0.1, -0.05) is 26.8 Å². The lowest BCUT2D eigenvalue weighted by molar-refractivity contribution is 0.602. The zero-order valence-corrected chi connectivity index (χ0v) is 12.2. The van der Waals surface area contributed by atoms with E-state index < -0.39 is 9.84 Å². The maximum atomic E-state index is 11.5. The molecule has 1 atom stereocenters. The highest BCUT2D eigenvalue weighted by atomic mass is 32.2. The molecule has 2 N–H and O–H groups in total. The highest BCUT2D eigenvalue weighted by Crippen LogP contribution is 2.35. The summed E-state index contributed by atoms with van der Waals surface area (Å²) in [7, 11) is -3.25. The summed E-state index contributed by atoms with van der Waals surface area (Å²) in [5.41, 5.74) is 6.29. The van der Waals surface area contributed by atoms with E-state index in [9.17, 15) is 8.42 Å². The molecule has 0 amide bonds. The lowest BCUT2D eigenvalue weighted by Gasteiger charge is -2.17. The number of para-hydroxylation sites is 1. The number of benzene rings is 1. The van der Waals surface area contributed by atoms with Gasteiger partial charge in [0.2, 0.25) is 0 Å². The summed E-state index contributed by atoms with van der Waals surface area (Å²) in [6.45, 7) is 6.38. The van der Waals surface area contributed by atoms with Crippen LogP contribution < -0.4 is 5.73 Å². The molecule has 0 spiro atoms. The highest BCUT2D eigenvalue weighted by molar-refractivity contribution is 8.00. The molecule has 0 fully saturated rings. The molecule has 0 radical (unpaired) electrons. The SMILES string of the molecule is CC(C)C(C)Sc1cccc(S(C)(=O)=O)c1N. The number of sulfone groups is 1. The van der Waals surface area contributed by atoms with Crippen LogP contribution in [-0.4, -0.2) is 19.9 Å². The zero-order chi connectivity index (χ0) is 13.2. The maximum Gasteiger partial charge on any atom is 0.177 e. The molecule has 17 heavy (non-hydrogen) atoms.